The van der Waals surface area contributed by atoms with Gasteiger partial charge in [-0.2, -0.15) is 0 Å². The molecule has 2 rings (SSSR count). The monoisotopic (exact) mass is 312 g/mol. The topological polar surface area (TPSA) is 18.5 Å². The summed E-state index contributed by atoms with van der Waals surface area (Å²) in [6.45, 7) is 13.3. The van der Waals surface area contributed by atoms with Gasteiger partial charge in [0.15, 0.2) is 0 Å². The summed E-state index contributed by atoms with van der Waals surface area (Å²) in [6.07, 6.45) is 9.70. The van der Waals surface area contributed by atoms with E-state index >= 15 is 0 Å². The highest BCUT2D eigenvalue weighted by atomic mass is 28.3. The predicted octanol–water partition coefficient (Wildman–Crippen LogP) is 3.47. The Kier molecular flexibility index (Phi) is 5.68. The molecule has 0 bridgehead atoms. The molecule has 2 nitrogen and oxygen atoms in total. The first-order chi connectivity index (χ1) is 9.59. The number of ether oxygens (including phenoxy) is 2. The summed E-state index contributed by atoms with van der Waals surface area (Å²) in [5.41, 5.74) is 0. The van der Waals surface area contributed by atoms with Gasteiger partial charge in [0.25, 0.3) is 0 Å². The van der Waals surface area contributed by atoms with Crippen molar-refractivity contribution in [2.45, 2.75) is 74.7 Å². The number of allylic oxidation sites excluding steroid dienone is 1. The highest BCUT2D eigenvalue weighted by Crippen LogP contribution is 2.46. The fourth-order valence-electron chi connectivity index (χ4n) is 4.49. The first kappa shape index (κ1) is 16.5. The summed E-state index contributed by atoms with van der Waals surface area (Å²) < 4.78 is 13.2. The highest BCUT2D eigenvalue weighted by Gasteiger charge is 2.58. The number of hydrogen-bond donors (Lipinski definition) is 0. The van der Waals surface area contributed by atoms with Crippen molar-refractivity contribution in [1.29, 1.82) is 0 Å². The molecule has 2 heterocycles. The summed E-state index contributed by atoms with van der Waals surface area (Å²) in [6, 6.07) is 1.17. The van der Waals surface area contributed by atoms with Crippen LogP contribution in [0.25, 0.3) is 0 Å². The van der Waals surface area contributed by atoms with Crippen molar-refractivity contribution in [3.63, 3.8) is 0 Å². The lowest BCUT2D eigenvalue weighted by Crippen LogP contribution is -2.71. The zero-order valence-electron chi connectivity index (χ0n) is 13.6. The van der Waals surface area contributed by atoms with Crippen LogP contribution in [0, 0.1) is 0 Å². The number of hydrogen-bond acceptors (Lipinski definition) is 2. The van der Waals surface area contributed by atoms with Gasteiger partial charge in [0.2, 0.25) is 0 Å². The van der Waals surface area contributed by atoms with Crippen molar-refractivity contribution < 1.29 is 9.47 Å². The fraction of sp³-hybridized carbons (Fsp3) is 0.875. The van der Waals surface area contributed by atoms with Gasteiger partial charge in [-0.3, -0.25) is 0 Å². The minimum absolute atomic E-state index is 0.0836. The van der Waals surface area contributed by atoms with Crippen molar-refractivity contribution in [2.24, 2.45) is 0 Å². The van der Waals surface area contributed by atoms with Crippen LogP contribution in [-0.4, -0.2) is 41.3 Å². The molecule has 0 spiro atoms. The second-order valence-corrected chi connectivity index (χ2v) is 13.4. The third kappa shape index (κ3) is 2.72. The summed E-state index contributed by atoms with van der Waals surface area (Å²) in [5, 5.41) is 0.181. The first-order valence-corrected chi connectivity index (χ1v) is 13.9. The molecule has 116 valence electrons. The third-order valence-corrected chi connectivity index (χ3v) is 12.3. The molecule has 20 heavy (non-hydrogen) atoms. The summed E-state index contributed by atoms with van der Waals surface area (Å²) >= 11 is 0. The molecular weight excluding hydrogens is 280 g/mol. The maximum absolute atomic E-state index is 6.61. The molecule has 0 amide bonds. The van der Waals surface area contributed by atoms with Gasteiger partial charge in [0.1, 0.15) is 0 Å². The predicted molar refractivity (Wildman–Crippen MR) is 92.0 cm³/mol. The van der Waals surface area contributed by atoms with Crippen LogP contribution in [0.4, 0.5) is 0 Å². The van der Waals surface area contributed by atoms with Crippen molar-refractivity contribution in [2.75, 3.05) is 13.2 Å². The van der Waals surface area contributed by atoms with Crippen LogP contribution in [0.15, 0.2) is 12.7 Å². The lowest BCUT2D eigenvalue weighted by molar-refractivity contribution is -0.164. The second-order valence-electron chi connectivity index (χ2n) is 6.97. The average molecular weight is 313 g/mol. The maximum Gasteiger partial charge on any atom is 0.0803 e. The van der Waals surface area contributed by atoms with Crippen LogP contribution in [0.3, 0.4) is 0 Å². The molecule has 2 fully saturated rings. The molecule has 2 aliphatic rings. The Morgan fingerprint density at radius 1 is 0.950 bits per heavy atom. The van der Waals surface area contributed by atoms with E-state index in [9.17, 15) is 0 Å². The van der Waals surface area contributed by atoms with Crippen LogP contribution < -0.4 is 0 Å². The molecule has 0 aromatic carbocycles. The Labute approximate surface area is 128 Å². The van der Waals surface area contributed by atoms with E-state index in [1.54, 1.807) is 0 Å². The molecule has 0 aliphatic carbocycles. The van der Waals surface area contributed by atoms with Gasteiger partial charge in [-0.25, -0.2) is 0 Å². The van der Waals surface area contributed by atoms with Gasteiger partial charge in [0, 0.05) is 13.2 Å². The van der Waals surface area contributed by atoms with Crippen molar-refractivity contribution >= 4 is 17.6 Å². The van der Waals surface area contributed by atoms with Gasteiger partial charge >= 0.3 is 0 Å². The molecule has 2 saturated heterocycles. The van der Waals surface area contributed by atoms with Crippen LogP contribution in [0.2, 0.25) is 25.7 Å². The Balaban J connectivity index is 2.38. The SMILES string of the molecule is C=CC[SiH](C)C1(C2([SiH](C)C)CCCCO2)CCCCO1. The fourth-order valence-corrected chi connectivity index (χ4v) is 11.8. The Morgan fingerprint density at radius 3 is 1.90 bits per heavy atom. The van der Waals surface area contributed by atoms with E-state index in [2.05, 4.69) is 32.3 Å². The Hall–Kier alpha value is 0.0938. The molecule has 0 saturated carbocycles. The van der Waals surface area contributed by atoms with Crippen LogP contribution in [0.1, 0.15) is 38.5 Å². The van der Waals surface area contributed by atoms with Crippen molar-refractivity contribution in [3.8, 4) is 0 Å². The summed E-state index contributed by atoms with van der Waals surface area (Å²) in [7, 11) is -2.00. The Bertz CT molecular complexity index is 318. The molecule has 0 radical (unpaired) electrons. The molecule has 4 heteroatoms. The van der Waals surface area contributed by atoms with E-state index in [-0.39, 0.29) is 10.4 Å². The second kappa shape index (κ2) is 6.90. The molecule has 0 aromatic heterocycles. The van der Waals surface area contributed by atoms with Crippen LogP contribution in [-0.2, 0) is 9.47 Å². The van der Waals surface area contributed by atoms with Crippen molar-refractivity contribution in [3.05, 3.63) is 12.7 Å². The van der Waals surface area contributed by atoms with Crippen LogP contribution in [0.5, 0.6) is 0 Å². The van der Waals surface area contributed by atoms with E-state index in [0.29, 0.717) is 0 Å². The molecular formula is C16H32O2Si2. The molecule has 3 atom stereocenters. The molecule has 3 unspecified atom stereocenters. The smallest absolute Gasteiger partial charge is 0.0803 e. The van der Waals surface area contributed by atoms with Crippen LogP contribution >= 0.6 is 0 Å². The zero-order chi connectivity index (χ0) is 14.6. The van der Waals surface area contributed by atoms with Gasteiger partial charge in [0.05, 0.1) is 28.0 Å². The van der Waals surface area contributed by atoms with E-state index in [1.165, 1.54) is 44.6 Å². The van der Waals surface area contributed by atoms with Crippen molar-refractivity contribution in [1.82, 2.24) is 0 Å². The minimum atomic E-state index is -1.05. The third-order valence-electron chi connectivity index (χ3n) is 5.57. The van der Waals surface area contributed by atoms with E-state index in [4.69, 9.17) is 9.47 Å². The van der Waals surface area contributed by atoms with E-state index < -0.39 is 17.6 Å². The lowest BCUT2D eigenvalue weighted by Gasteiger charge is -2.58. The molecule has 0 N–H and O–H groups in total. The quantitative estimate of drug-likeness (QED) is 0.571. The Morgan fingerprint density at radius 2 is 1.50 bits per heavy atom. The maximum atomic E-state index is 6.61. The number of rotatable bonds is 5. The van der Waals surface area contributed by atoms with Gasteiger partial charge in [-0.15, -0.1) is 6.58 Å². The summed E-state index contributed by atoms with van der Waals surface area (Å²) in [4.78, 5) is 0. The zero-order valence-corrected chi connectivity index (χ0v) is 15.9. The normalized spacial score (nSPS) is 36.8. The molecule has 0 aromatic rings. The van der Waals surface area contributed by atoms with Gasteiger partial charge < -0.3 is 9.47 Å². The first-order valence-electron chi connectivity index (χ1n) is 8.48. The standard InChI is InChI=1S/C16H32O2Si2/c1-5-14-20(4)16(11-7-9-13-18-16)15(19(2)3)10-6-8-12-17-15/h5,19-20H,1,6-14H2,2-4H3. The minimum Gasteiger partial charge on any atom is -0.376 e. The van der Waals surface area contributed by atoms with E-state index in [1.807, 2.05) is 0 Å². The largest absolute Gasteiger partial charge is 0.376 e. The summed E-state index contributed by atoms with van der Waals surface area (Å²) in [5.74, 6) is 0. The average Bonchev–Trinajstić information content (AvgIpc) is 2.48. The lowest BCUT2D eigenvalue weighted by atomic mass is 9.96. The molecule has 2 aliphatic heterocycles. The van der Waals surface area contributed by atoms with Gasteiger partial charge in [-0.05, 0) is 44.6 Å². The van der Waals surface area contributed by atoms with Gasteiger partial charge in [-0.1, -0.05) is 25.7 Å². The van der Waals surface area contributed by atoms with E-state index in [0.717, 1.165) is 13.2 Å². The highest BCUT2D eigenvalue weighted by molar-refractivity contribution is 6.67.